The number of anilines is 2. The zero-order valence-electron chi connectivity index (χ0n) is 22.6. The van der Waals surface area contributed by atoms with Gasteiger partial charge in [-0.25, -0.2) is 13.4 Å². The molecule has 0 aliphatic carbocycles. The lowest BCUT2D eigenvalue weighted by Crippen LogP contribution is -2.48. The Kier molecular flexibility index (Phi) is 9.68. The topological polar surface area (TPSA) is 94.6 Å². The highest BCUT2D eigenvalue weighted by Crippen LogP contribution is 2.31. The van der Waals surface area contributed by atoms with Crippen LogP contribution in [0.25, 0.3) is 10.2 Å². The number of hydrogen-bond acceptors (Lipinski definition) is 7. The summed E-state index contributed by atoms with van der Waals surface area (Å²) < 4.78 is 29.0. The number of fused-ring (bicyclic) bond motifs is 1. The van der Waals surface area contributed by atoms with Crippen LogP contribution in [0.15, 0.2) is 71.6 Å². The molecule has 8 nitrogen and oxygen atoms in total. The quantitative estimate of drug-likeness (QED) is 0.283. The predicted octanol–water partition coefficient (Wildman–Crippen LogP) is 4.94. The summed E-state index contributed by atoms with van der Waals surface area (Å²) in [4.78, 5) is 22.5. The average Bonchev–Trinajstić information content (AvgIpc) is 3.38. The Bertz CT molecular complexity index is 1550. The second kappa shape index (κ2) is 13.0. The van der Waals surface area contributed by atoms with E-state index in [1.165, 1.54) is 10.3 Å². The van der Waals surface area contributed by atoms with Crippen LogP contribution < -0.4 is 14.9 Å². The molecule has 1 saturated heterocycles. The monoisotopic (exact) mass is 599 g/mol. The number of aryl methyl sites for hydroxylation is 2. The van der Waals surface area contributed by atoms with E-state index in [-0.39, 0.29) is 23.2 Å². The minimum Gasteiger partial charge on any atom is -0.351 e. The van der Waals surface area contributed by atoms with E-state index in [0.717, 1.165) is 55.4 Å². The number of para-hydroxylation sites is 1. The first kappa shape index (κ1) is 29.8. The van der Waals surface area contributed by atoms with Gasteiger partial charge in [-0.05, 0) is 61.4 Å². The van der Waals surface area contributed by atoms with Crippen molar-refractivity contribution in [3.8, 4) is 0 Å². The number of halogens is 1. The number of thiazole rings is 1. The SMILES string of the molecule is CCc1cccc2sc(N3CCN(CCNC(=O)c4ccc(NS(=O)(=O)c5ccc(C)cc5)cc4)CC3)nc12.Cl. The lowest BCUT2D eigenvalue weighted by Gasteiger charge is -2.34. The Morgan fingerprint density at radius 3 is 2.35 bits per heavy atom. The zero-order chi connectivity index (χ0) is 27.4. The van der Waals surface area contributed by atoms with Crippen LogP contribution in [0.2, 0.25) is 0 Å². The fraction of sp³-hybridized carbons (Fsp3) is 0.310. The number of carbonyl (C=O) groups excluding carboxylic acids is 1. The minimum atomic E-state index is -3.68. The molecule has 0 saturated carbocycles. The van der Waals surface area contributed by atoms with Gasteiger partial charge in [-0.1, -0.05) is 48.1 Å². The summed E-state index contributed by atoms with van der Waals surface area (Å²) in [7, 11) is -3.68. The molecule has 2 heterocycles. The Morgan fingerprint density at radius 2 is 1.68 bits per heavy atom. The maximum atomic E-state index is 12.6. The van der Waals surface area contributed by atoms with Crippen molar-refractivity contribution >= 4 is 60.7 Å². The van der Waals surface area contributed by atoms with Crippen LogP contribution in [0.4, 0.5) is 10.8 Å². The van der Waals surface area contributed by atoms with E-state index in [0.29, 0.717) is 17.8 Å². The standard InChI is InChI=1S/C29H33N5O3S2.ClH/c1-3-22-5-4-6-26-27(22)31-29(38-26)34-19-17-33(18-20-34)16-15-30-28(35)23-9-11-24(12-10-23)32-39(36,37)25-13-7-21(2)8-14-25;/h4-14,32H,3,15-20H2,1-2H3,(H,30,35);1H. The molecule has 0 atom stereocenters. The van der Waals surface area contributed by atoms with Crippen molar-refractivity contribution in [1.82, 2.24) is 15.2 Å². The predicted molar refractivity (Wildman–Crippen MR) is 166 cm³/mol. The highest BCUT2D eigenvalue weighted by atomic mass is 35.5. The Hall–Kier alpha value is -3.18. The van der Waals surface area contributed by atoms with E-state index >= 15 is 0 Å². The number of hydrogen-bond donors (Lipinski definition) is 2. The first-order valence-electron chi connectivity index (χ1n) is 13.2. The van der Waals surface area contributed by atoms with E-state index in [9.17, 15) is 13.2 Å². The molecule has 11 heteroatoms. The summed E-state index contributed by atoms with van der Waals surface area (Å²) in [5.74, 6) is -0.178. The second-order valence-corrected chi connectivity index (χ2v) is 12.4. The maximum absolute atomic E-state index is 12.6. The van der Waals surface area contributed by atoms with E-state index in [1.807, 2.05) is 6.92 Å². The van der Waals surface area contributed by atoms with Gasteiger partial charge in [0.05, 0.1) is 15.1 Å². The van der Waals surface area contributed by atoms with Gasteiger partial charge >= 0.3 is 0 Å². The van der Waals surface area contributed by atoms with E-state index < -0.39 is 10.0 Å². The Morgan fingerprint density at radius 1 is 0.975 bits per heavy atom. The largest absolute Gasteiger partial charge is 0.351 e. The summed E-state index contributed by atoms with van der Waals surface area (Å²) >= 11 is 1.76. The molecule has 3 aromatic carbocycles. The molecule has 0 radical (unpaired) electrons. The van der Waals surface area contributed by atoms with Crippen molar-refractivity contribution in [3.05, 3.63) is 83.4 Å². The van der Waals surface area contributed by atoms with Gasteiger partial charge in [0.25, 0.3) is 15.9 Å². The van der Waals surface area contributed by atoms with Gasteiger partial charge < -0.3 is 10.2 Å². The smallest absolute Gasteiger partial charge is 0.261 e. The van der Waals surface area contributed by atoms with Gasteiger partial charge in [-0.15, -0.1) is 12.4 Å². The molecule has 0 bridgehead atoms. The van der Waals surface area contributed by atoms with Gasteiger partial charge in [-0.2, -0.15) is 0 Å². The number of aromatic nitrogens is 1. The molecule has 1 aliphatic rings. The normalized spacial score (nSPS) is 14.1. The summed E-state index contributed by atoms with van der Waals surface area (Å²) in [5.41, 5.74) is 4.30. The third kappa shape index (κ3) is 6.93. The lowest BCUT2D eigenvalue weighted by molar-refractivity contribution is 0.0948. The number of nitrogens with one attached hydrogen (secondary N) is 2. The number of piperazine rings is 1. The van der Waals surface area contributed by atoms with E-state index in [1.54, 1.807) is 59.9 Å². The van der Waals surface area contributed by atoms with Crippen LogP contribution in [-0.4, -0.2) is 63.5 Å². The molecule has 1 aliphatic heterocycles. The fourth-order valence-electron chi connectivity index (χ4n) is 4.63. The molecule has 1 amide bonds. The number of amides is 1. The number of nitrogens with zero attached hydrogens (tertiary/aromatic N) is 3. The third-order valence-electron chi connectivity index (χ3n) is 6.96. The molecule has 0 unspecified atom stereocenters. The molecule has 1 fully saturated rings. The molecule has 2 N–H and O–H groups in total. The third-order valence-corrected chi connectivity index (χ3v) is 9.44. The van der Waals surface area contributed by atoms with Crippen LogP contribution in [0.3, 0.4) is 0 Å². The summed E-state index contributed by atoms with van der Waals surface area (Å²) in [6.45, 7) is 9.04. The van der Waals surface area contributed by atoms with Gasteiger partial charge in [-0.3, -0.25) is 14.4 Å². The van der Waals surface area contributed by atoms with Crippen molar-refractivity contribution in [1.29, 1.82) is 0 Å². The molecule has 1 aromatic heterocycles. The molecule has 40 heavy (non-hydrogen) atoms. The summed E-state index contributed by atoms with van der Waals surface area (Å²) in [5, 5.41) is 4.06. The van der Waals surface area contributed by atoms with Crippen LogP contribution in [0, 0.1) is 6.92 Å². The molecule has 0 spiro atoms. The molecular weight excluding hydrogens is 566 g/mol. The van der Waals surface area contributed by atoms with Gasteiger partial charge in [0, 0.05) is 50.5 Å². The van der Waals surface area contributed by atoms with Gasteiger partial charge in [0.1, 0.15) is 0 Å². The van der Waals surface area contributed by atoms with Crippen LogP contribution in [-0.2, 0) is 16.4 Å². The highest BCUT2D eigenvalue weighted by molar-refractivity contribution is 7.92. The van der Waals surface area contributed by atoms with Crippen molar-refractivity contribution in [2.24, 2.45) is 0 Å². The highest BCUT2D eigenvalue weighted by Gasteiger charge is 2.20. The Balaban J connectivity index is 0.00000370. The summed E-state index contributed by atoms with van der Waals surface area (Å²) in [6, 6.07) is 19.5. The van der Waals surface area contributed by atoms with E-state index in [2.05, 4.69) is 45.0 Å². The minimum absolute atomic E-state index is 0. The zero-order valence-corrected chi connectivity index (χ0v) is 25.0. The fourth-order valence-corrected chi connectivity index (χ4v) is 6.75. The van der Waals surface area contributed by atoms with E-state index in [4.69, 9.17) is 4.98 Å². The molecule has 4 aromatic rings. The molecule has 5 rings (SSSR count). The lowest BCUT2D eigenvalue weighted by atomic mass is 10.1. The molecular formula is C29H34ClN5O3S2. The van der Waals surface area contributed by atoms with Gasteiger partial charge in [0.15, 0.2) is 5.13 Å². The first-order valence-corrected chi connectivity index (χ1v) is 15.5. The van der Waals surface area contributed by atoms with Crippen molar-refractivity contribution in [2.75, 3.05) is 48.9 Å². The van der Waals surface area contributed by atoms with Crippen LogP contribution in [0.1, 0.15) is 28.4 Å². The second-order valence-electron chi connectivity index (χ2n) is 9.69. The number of carbonyl (C=O) groups is 1. The van der Waals surface area contributed by atoms with Crippen molar-refractivity contribution < 1.29 is 13.2 Å². The summed E-state index contributed by atoms with van der Waals surface area (Å²) in [6.07, 6.45) is 0.983. The van der Waals surface area contributed by atoms with Crippen molar-refractivity contribution in [2.45, 2.75) is 25.2 Å². The Labute approximate surface area is 245 Å². The molecule has 212 valence electrons. The number of rotatable bonds is 9. The van der Waals surface area contributed by atoms with Gasteiger partial charge in [0.2, 0.25) is 0 Å². The van der Waals surface area contributed by atoms with Crippen LogP contribution in [0.5, 0.6) is 0 Å². The average molecular weight is 600 g/mol. The first-order chi connectivity index (χ1) is 18.8. The van der Waals surface area contributed by atoms with Crippen LogP contribution >= 0.6 is 23.7 Å². The maximum Gasteiger partial charge on any atom is 0.261 e. The number of benzene rings is 3. The van der Waals surface area contributed by atoms with Crippen molar-refractivity contribution in [3.63, 3.8) is 0 Å². The number of sulfonamides is 1.